The summed E-state index contributed by atoms with van der Waals surface area (Å²) in [5.41, 5.74) is 3.54. The number of benzene rings is 2. The molecule has 0 aliphatic rings. The molecular formula is C17H20N2S2. The number of rotatable bonds is 5. The average molecular weight is 316 g/mol. The quantitative estimate of drug-likeness (QED) is 0.485. The van der Waals surface area contributed by atoms with Gasteiger partial charge in [-0.2, -0.15) is 0 Å². The predicted octanol–water partition coefficient (Wildman–Crippen LogP) is 4.38. The van der Waals surface area contributed by atoms with Gasteiger partial charge in [0, 0.05) is 22.9 Å². The van der Waals surface area contributed by atoms with Crippen LogP contribution in [-0.4, -0.2) is 17.4 Å². The summed E-state index contributed by atoms with van der Waals surface area (Å²) in [6.45, 7) is 5.02. The summed E-state index contributed by atoms with van der Waals surface area (Å²) in [7, 11) is 0. The molecule has 0 amide bonds. The van der Waals surface area contributed by atoms with Gasteiger partial charge in [-0.1, -0.05) is 29.8 Å². The molecule has 0 fully saturated rings. The van der Waals surface area contributed by atoms with Crippen molar-refractivity contribution in [1.29, 1.82) is 0 Å². The van der Waals surface area contributed by atoms with Gasteiger partial charge in [0.2, 0.25) is 0 Å². The van der Waals surface area contributed by atoms with Crippen LogP contribution in [0.25, 0.3) is 0 Å². The molecule has 0 bridgehead atoms. The Morgan fingerprint density at radius 2 is 1.81 bits per heavy atom. The lowest BCUT2D eigenvalue weighted by Crippen LogP contribution is -2.30. The third-order valence-electron chi connectivity index (χ3n) is 2.95. The smallest absolute Gasteiger partial charge is 0.170 e. The molecule has 0 radical (unpaired) electrons. The van der Waals surface area contributed by atoms with E-state index in [4.69, 9.17) is 12.2 Å². The van der Waals surface area contributed by atoms with Crippen molar-refractivity contribution in [2.75, 3.05) is 17.6 Å². The molecule has 0 aromatic heterocycles. The molecule has 2 aromatic carbocycles. The summed E-state index contributed by atoms with van der Waals surface area (Å²) >= 11 is 7.12. The standard InChI is InChI=1S/C17H20N2S2/c1-13-6-8-16(9-7-13)21-11-10-18-17(20)19-15-5-3-4-14(2)12-15/h3-9,12H,10-11H2,1-2H3,(H2,18,19,20). The predicted molar refractivity (Wildman–Crippen MR) is 97.3 cm³/mol. The minimum Gasteiger partial charge on any atom is -0.362 e. The Labute approximate surface area is 136 Å². The number of aryl methyl sites for hydroxylation is 2. The Balaban J connectivity index is 1.68. The topological polar surface area (TPSA) is 24.1 Å². The van der Waals surface area contributed by atoms with Crippen LogP contribution in [0.1, 0.15) is 11.1 Å². The van der Waals surface area contributed by atoms with Crippen molar-refractivity contribution >= 4 is 34.8 Å². The third kappa shape index (κ3) is 5.78. The highest BCUT2D eigenvalue weighted by molar-refractivity contribution is 7.99. The third-order valence-corrected chi connectivity index (χ3v) is 4.21. The first-order valence-corrected chi connectivity index (χ1v) is 8.34. The fourth-order valence-electron chi connectivity index (χ4n) is 1.87. The summed E-state index contributed by atoms with van der Waals surface area (Å²) in [5, 5.41) is 7.10. The molecule has 0 heterocycles. The summed E-state index contributed by atoms with van der Waals surface area (Å²) in [4.78, 5) is 1.29. The van der Waals surface area contributed by atoms with Gasteiger partial charge < -0.3 is 10.6 Å². The van der Waals surface area contributed by atoms with Crippen molar-refractivity contribution in [1.82, 2.24) is 5.32 Å². The fourth-order valence-corrected chi connectivity index (χ4v) is 2.85. The largest absolute Gasteiger partial charge is 0.362 e. The minimum absolute atomic E-state index is 0.671. The number of anilines is 1. The van der Waals surface area contributed by atoms with Crippen molar-refractivity contribution < 1.29 is 0 Å². The molecule has 2 aromatic rings. The van der Waals surface area contributed by atoms with Gasteiger partial charge in [0.25, 0.3) is 0 Å². The molecule has 21 heavy (non-hydrogen) atoms. The van der Waals surface area contributed by atoms with Crippen molar-refractivity contribution in [2.45, 2.75) is 18.7 Å². The maximum Gasteiger partial charge on any atom is 0.170 e. The first kappa shape index (κ1) is 15.9. The minimum atomic E-state index is 0.671. The maximum absolute atomic E-state index is 5.29. The molecule has 2 N–H and O–H groups in total. The van der Waals surface area contributed by atoms with Gasteiger partial charge in [0.05, 0.1) is 0 Å². The van der Waals surface area contributed by atoms with Crippen LogP contribution in [0.3, 0.4) is 0 Å². The van der Waals surface area contributed by atoms with Crippen LogP contribution >= 0.6 is 24.0 Å². The average Bonchev–Trinajstić information content (AvgIpc) is 2.45. The summed E-state index contributed by atoms with van der Waals surface area (Å²) in [6, 6.07) is 16.8. The van der Waals surface area contributed by atoms with E-state index in [9.17, 15) is 0 Å². The first-order chi connectivity index (χ1) is 10.1. The van der Waals surface area contributed by atoms with Gasteiger partial charge in [0.1, 0.15) is 0 Å². The fraction of sp³-hybridized carbons (Fsp3) is 0.235. The zero-order valence-electron chi connectivity index (χ0n) is 12.3. The van der Waals surface area contributed by atoms with Crippen LogP contribution in [0.4, 0.5) is 5.69 Å². The highest BCUT2D eigenvalue weighted by atomic mass is 32.2. The van der Waals surface area contributed by atoms with Gasteiger partial charge >= 0.3 is 0 Å². The molecule has 0 spiro atoms. The van der Waals surface area contributed by atoms with Crippen molar-refractivity contribution in [3.05, 3.63) is 59.7 Å². The van der Waals surface area contributed by atoms with Gasteiger partial charge in [-0.3, -0.25) is 0 Å². The Morgan fingerprint density at radius 1 is 1.05 bits per heavy atom. The van der Waals surface area contributed by atoms with Gasteiger partial charge in [0.15, 0.2) is 5.11 Å². The number of hydrogen-bond donors (Lipinski definition) is 2. The zero-order chi connectivity index (χ0) is 15.1. The normalized spacial score (nSPS) is 10.2. The Kier molecular flexibility index (Phi) is 6.08. The van der Waals surface area contributed by atoms with E-state index in [0.29, 0.717) is 5.11 Å². The molecule has 0 unspecified atom stereocenters. The van der Waals surface area contributed by atoms with Crippen LogP contribution in [0, 0.1) is 13.8 Å². The summed E-state index contributed by atoms with van der Waals surface area (Å²) < 4.78 is 0. The molecule has 0 atom stereocenters. The van der Waals surface area contributed by atoms with Crippen LogP contribution < -0.4 is 10.6 Å². The van der Waals surface area contributed by atoms with Crippen LogP contribution in [0.5, 0.6) is 0 Å². The SMILES string of the molecule is Cc1ccc(SCCNC(=S)Nc2cccc(C)c2)cc1. The maximum atomic E-state index is 5.29. The van der Waals surface area contributed by atoms with E-state index in [1.165, 1.54) is 16.0 Å². The molecule has 4 heteroatoms. The summed E-state index contributed by atoms with van der Waals surface area (Å²) in [5.74, 6) is 0.985. The lowest BCUT2D eigenvalue weighted by atomic mass is 10.2. The van der Waals surface area contributed by atoms with E-state index in [1.54, 1.807) is 0 Å². The molecule has 0 saturated carbocycles. The van der Waals surface area contributed by atoms with Gasteiger partial charge in [-0.05, 0) is 55.9 Å². The summed E-state index contributed by atoms with van der Waals surface area (Å²) in [6.07, 6.45) is 0. The van der Waals surface area contributed by atoms with E-state index in [1.807, 2.05) is 23.9 Å². The monoisotopic (exact) mass is 316 g/mol. The van der Waals surface area contributed by atoms with Gasteiger partial charge in [-0.25, -0.2) is 0 Å². The van der Waals surface area contributed by atoms with E-state index >= 15 is 0 Å². The molecule has 2 nitrogen and oxygen atoms in total. The molecule has 0 aliphatic carbocycles. The highest BCUT2D eigenvalue weighted by Crippen LogP contribution is 2.17. The Morgan fingerprint density at radius 3 is 2.52 bits per heavy atom. The zero-order valence-corrected chi connectivity index (χ0v) is 14.0. The number of nitrogens with one attached hydrogen (secondary N) is 2. The lowest BCUT2D eigenvalue weighted by molar-refractivity contribution is 0.990. The Hall–Kier alpha value is -1.52. The van der Waals surface area contributed by atoms with Crippen molar-refractivity contribution in [3.63, 3.8) is 0 Å². The molecule has 2 rings (SSSR count). The van der Waals surface area contributed by atoms with Crippen molar-refractivity contribution in [2.24, 2.45) is 0 Å². The first-order valence-electron chi connectivity index (χ1n) is 6.94. The lowest BCUT2D eigenvalue weighted by Gasteiger charge is -2.10. The van der Waals surface area contributed by atoms with E-state index in [2.05, 4.69) is 60.9 Å². The van der Waals surface area contributed by atoms with E-state index in [-0.39, 0.29) is 0 Å². The van der Waals surface area contributed by atoms with E-state index < -0.39 is 0 Å². The Bertz CT molecular complexity index is 594. The van der Waals surface area contributed by atoms with Crippen LogP contribution in [0.2, 0.25) is 0 Å². The van der Waals surface area contributed by atoms with E-state index in [0.717, 1.165) is 18.0 Å². The number of thioether (sulfide) groups is 1. The van der Waals surface area contributed by atoms with Crippen molar-refractivity contribution in [3.8, 4) is 0 Å². The number of hydrogen-bond acceptors (Lipinski definition) is 2. The second kappa shape index (κ2) is 8.05. The molecular weight excluding hydrogens is 296 g/mol. The highest BCUT2D eigenvalue weighted by Gasteiger charge is 1.98. The number of thiocarbonyl (C=S) groups is 1. The van der Waals surface area contributed by atoms with Crippen LogP contribution in [0.15, 0.2) is 53.4 Å². The second-order valence-electron chi connectivity index (χ2n) is 4.91. The molecule has 0 saturated heterocycles. The molecule has 0 aliphatic heterocycles. The molecule has 110 valence electrons. The second-order valence-corrected chi connectivity index (χ2v) is 6.49. The van der Waals surface area contributed by atoms with Crippen LogP contribution in [-0.2, 0) is 0 Å². The van der Waals surface area contributed by atoms with Gasteiger partial charge in [-0.15, -0.1) is 11.8 Å².